The summed E-state index contributed by atoms with van der Waals surface area (Å²) in [5, 5.41) is 2.97. The first-order valence-electron chi connectivity index (χ1n) is 6.17. The van der Waals surface area contributed by atoms with Crippen molar-refractivity contribution in [1.29, 1.82) is 0 Å². The van der Waals surface area contributed by atoms with E-state index in [1.165, 1.54) is 12.6 Å². The van der Waals surface area contributed by atoms with Crippen molar-refractivity contribution in [3.05, 3.63) is 34.2 Å². The number of aromatic amines is 1. The summed E-state index contributed by atoms with van der Waals surface area (Å²) in [7, 11) is 0. The summed E-state index contributed by atoms with van der Waals surface area (Å²) in [6.45, 7) is 2.15. The van der Waals surface area contributed by atoms with Crippen molar-refractivity contribution in [3.63, 3.8) is 0 Å². The highest BCUT2D eigenvalue weighted by atomic mass is 16.2. The first-order valence-corrected chi connectivity index (χ1v) is 6.17. The Morgan fingerprint density at radius 2 is 2.18 bits per heavy atom. The van der Waals surface area contributed by atoms with Gasteiger partial charge in [-0.25, -0.2) is 0 Å². The number of aromatic nitrogens is 1. The van der Waals surface area contributed by atoms with Gasteiger partial charge in [0.05, 0.1) is 0 Å². The van der Waals surface area contributed by atoms with Gasteiger partial charge in [0.25, 0.3) is 11.5 Å². The van der Waals surface area contributed by atoms with Gasteiger partial charge in [-0.1, -0.05) is 19.8 Å². The molecule has 4 heteroatoms. The molecule has 0 aromatic carbocycles. The van der Waals surface area contributed by atoms with Gasteiger partial charge in [0, 0.05) is 12.2 Å². The van der Waals surface area contributed by atoms with E-state index in [0.29, 0.717) is 5.92 Å². The summed E-state index contributed by atoms with van der Waals surface area (Å²) in [6.07, 6.45) is 6.08. The van der Waals surface area contributed by atoms with Crippen LogP contribution < -0.4 is 10.9 Å². The monoisotopic (exact) mass is 234 g/mol. The van der Waals surface area contributed by atoms with Crippen LogP contribution in [0.3, 0.4) is 0 Å². The minimum Gasteiger partial charge on any atom is -0.349 e. The van der Waals surface area contributed by atoms with E-state index in [4.69, 9.17) is 0 Å². The lowest BCUT2D eigenvalue weighted by Gasteiger charge is -2.29. The number of carbonyl (C=O) groups is 1. The second-order valence-corrected chi connectivity index (χ2v) is 4.75. The second-order valence-electron chi connectivity index (χ2n) is 4.75. The molecule has 17 heavy (non-hydrogen) atoms. The number of carbonyl (C=O) groups excluding carboxylic acids is 1. The number of nitrogens with one attached hydrogen (secondary N) is 2. The van der Waals surface area contributed by atoms with Gasteiger partial charge in [-0.05, 0) is 30.9 Å². The van der Waals surface area contributed by atoms with Crippen molar-refractivity contribution < 1.29 is 4.79 Å². The van der Waals surface area contributed by atoms with Gasteiger partial charge < -0.3 is 10.3 Å². The van der Waals surface area contributed by atoms with Gasteiger partial charge in [0.2, 0.25) is 0 Å². The third kappa shape index (κ3) is 2.75. The summed E-state index contributed by atoms with van der Waals surface area (Å²) in [6, 6.07) is 3.43. The van der Waals surface area contributed by atoms with Crippen molar-refractivity contribution in [1.82, 2.24) is 10.3 Å². The Hall–Kier alpha value is -1.58. The Bertz CT molecular complexity index is 453. The molecule has 2 rings (SSSR count). The minimum atomic E-state index is -0.325. The zero-order chi connectivity index (χ0) is 12.3. The van der Waals surface area contributed by atoms with E-state index < -0.39 is 0 Å². The molecule has 0 saturated heterocycles. The zero-order valence-electron chi connectivity index (χ0n) is 10.0. The van der Waals surface area contributed by atoms with Crippen LogP contribution in [0.4, 0.5) is 0 Å². The predicted molar refractivity (Wildman–Crippen MR) is 65.9 cm³/mol. The molecule has 2 atom stereocenters. The molecule has 92 valence electrons. The van der Waals surface area contributed by atoms with Gasteiger partial charge >= 0.3 is 0 Å². The lowest BCUT2D eigenvalue weighted by molar-refractivity contribution is 0.0908. The first kappa shape index (κ1) is 11.9. The summed E-state index contributed by atoms with van der Waals surface area (Å²) in [5.74, 6) is 0.237. The van der Waals surface area contributed by atoms with Crippen molar-refractivity contribution >= 4 is 5.91 Å². The summed E-state index contributed by atoms with van der Waals surface area (Å²) in [4.78, 5) is 25.9. The molecule has 1 heterocycles. The molecule has 0 radical (unpaired) electrons. The fraction of sp³-hybridized carbons (Fsp3) is 0.538. The topological polar surface area (TPSA) is 62.0 Å². The molecule has 1 aliphatic rings. The van der Waals surface area contributed by atoms with Crippen molar-refractivity contribution in [2.75, 3.05) is 0 Å². The first-order chi connectivity index (χ1) is 8.18. The number of amides is 1. The van der Waals surface area contributed by atoms with Crippen LogP contribution in [0.25, 0.3) is 0 Å². The molecular formula is C13H18N2O2. The molecule has 4 nitrogen and oxygen atoms in total. The Morgan fingerprint density at radius 3 is 2.88 bits per heavy atom. The summed E-state index contributed by atoms with van der Waals surface area (Å²) >= 11 is 0. The molecule has 0 bridgehead atoms. The average Bonchev–Trinajstić information content (AvgIpc) is 2.32. The van der Waals surface area contributed by atoms with E-state index in [9.17, 15) is 9.59 Å². The minimum absolute atomic E-state index is 0.199. The van der Waals surface area contributed by atoms with Crippen LogP contribution in [0.15, 0.2) is 23.1 Å². The van der Waals surface area contributed by atoms with Gasteiger partial charge in [-0.3, -0.25) is 9.59 Å². The van der Waals surface area contributed by atoms with Crippen LogP contribution in [-0.2, 0) is 0 Å². The van der Waals surface area contributed by atoms with Gasteiger partial charge in [-0.2, -0.15) is 0 Å². The van der Waals surface area contributed by atoms with Crippen LogP contribution in [0.5, 0.6) is 0 Å². The molecular weight excluding hydrogens is 216 g/mol. The summed E-state index contributed by atoms with van der Waals surface area (Å²) < 4.78 is 0. The van der Waals surface area contributed by atoms with Gasteiger partial charge in [-0.15, -0.1) is 0 Å². The molecule has 0 spiro atoms. The van der Waals surface area contributed by atoms with Crippen LogP contribution in [0.2, 0.25) is 0 Å². The van der Waals surface area contributed by atoms with Crippen molar-refractivity contribution in [2.45, 2.75) is 38.6 Å². The molecule has 1 aliphatic carbocycles. The molecule has 0 aliphatic heterocycles. The van der Waals surface area contributed by atoms with Crippen molar-refractivity contribution in [2.24, 2.45) is 5.92 Å². The average molecular weight is 234 g/mol. The largest absolute Gasteiger partial charge is 0.349 e. The second kappa shape index (κ2) is 5.17. The van der Waals surface area contributed by atoms with Crippen LogP contribution in [0.1, 0.15) is 43.0 Å². The van der Waals surface area contributed by atoms with Crippen LogP contribution >= 0.6 is 0 Å². The Labute approximate surface area is 100 Å². The van der Waals surface area contributed by atoms with E-state index in [0.717, 1.165) is 19.3 Å². The number of H-pyrrole nitrogens is 1. The molecule has 1 amide bonds. The maximum Gasteiger partial charge on any atom is 0.260 e. The van der Waals surface area contributed by atoms with Crippen LogP contribution in [-0.4, -0.2) is 16.9 Å². The number of hydrogen-bond donors (Lipinski definition) is 2. The van der Waals surface area contributed by atoms with Crippen LogP contribution in [0, 0.1) is 5.92 Å². The maximum absolute atomic E-state index is 11.9. The van der Waals surface area contributed by atoms with E-state index >= 15 is 0 Å². The Kier molecular flexibility index (Phi) is 3.61. The Morgan fingerprint density at radius 1 is 1.41 bits per heavy atom. The third-order valence-corrected chi connectivity index (χ3v) is 3.49. The fourth-order valence-electron chi connectivity index (χ4n) is 2.38. The highest BCUT2D eigenvalue weighted by Crippen LogP contribution is 2.23. The highest BCUT2D eigenvalue weighted by molar-refractivity contribution is 5.93. The lowest BCUT2D eigenvalue weighted by atomic mass is 9.86. The fourth-order valence-corrected chi connectivity index (χ4v) is 2.38. The van der Waals surface area contributed by atoms with E-state index in [1.807, 2.05) is 0 Å². The summed E-state index contributed by atoms with van der Waals surface area (Å²) in [5.41, 5.74) is -0.126. The highest BCUT2D eigenvalue weighted by Gasteiger charge is 2.23. The SMILES string of the molecule is CC1CCCCC1NC(=O)c1ccc[nH]c1=O. The van der Waals surface area contributed by atoms with E-state index in [-0.39, 0.29) is 23.1 Å². The molecule has 2 N–H and O–H groups in total. The normalized spacial score (nSPS) is 24.3. The smallest absolute Gasteiger partial charge is 0.260 e. The maximum atomic E-state index is 11.9. The zero-order valence-corrected chi connectivity index (χ0v) is 10.0. The number of rotatable bonds is 2. The number of hydrogen-bond acceptors (Lipinski definition) is 2. The molecule has 1 aromatic rings. The third-order valence-electron chi connectivity index (χ3n) is 3.49. The lowest BCUT2D eigenvalue weighted by Crippen LogP contribution is -2.42. The standard InChI is InChI=1S/C13H18N2O2/c1-9-5-2-3-7-11(9)15-13(17)10-6-4-8-14-12(10)16/h4,6,8-9,11H,2-3,5,7H2,1H3,(H,14,16)(H,15,17). The van der Waals surface area contributed by atoms with Crippen molar-refractivity contribution in [3.8, 4) is 0 Å². The molecule has 2 unspecified atom stereocenters. The molecule has 1 saturated carbocycles. The molecule has 1 fully saturated rings. The van der Waals surface area contributed by atoms with E-state index in [2.05, 4.69) is 17.2 Å². The molecule has 1 aromatic heterocycles. The van der Waals surface area contributed by atoms with Gasteiger partial charge in [0.1, 0.15) is 5.56 Å². The number of pyridine rings is 1. The van der Waals surface area contributed by atoms with Gasteiger partial charge in [0.15, 0.2) is 0 Å². The Balaban J connectivity index is 2.06. The quantitative estimate of drug-likeness (QED) is 0.818. The van der Waals surface area contributed by atoms with E-state index in [1.54, 1.807) is 12.1 Å². The predicted octanol–water partition coefficient (Wildman–Crippen LogP) is 1.68.